The number of carbonyl (C=O) groups excluding carboxylic acids is 2. The molecule has 0 spiro atoms. The quantitative estimate of drug-likeness (QED) is 0.657. The summed E-state index contributed by atoms with van der Waals surface area (Å²) in [7, 11) is 0. The summed E-state index contributed by atoms with van der Waals surface area (Å²) in [5.74, 6) is -1.86. The molecule has 4 rings (SSSR count). The monoisotopic (exact) mass is 305 g/mol. The maximum absolute atomic E-state index is 12.7. The summed E-state index contributed by atoms with van der Waals surface area (Å²) >= 11 is 5.94. The summed E-state index contributed by atoms with van der Waals surface area (Å²) < 4.78 is 5.67. The van der Waals surface area contributed by atoms with Crippen LogP contribution in [0.5, 0.6) is 0 Å². The van der Waals surface area contributed by atoms with Crippen molar-refractivity contribution >= 4 is 29.1 Å². The number of benzene rings is 1. The molecule has 0 aliphatic carbocycles. The Morgan fingerprint density at radius 2 is 2.14 bits per heavy atom. The fourth-order valence-corrected chi connectivity index (χ4v) is 3.74. The van der Waals surface area contributed by atoms with Gasteiger partial charge in [0.05, 0.1) is 30.2 Å². The van der Waals surface area contributed by atoms with Crippen molar-refractivity contribution in [2.45, 2.75) is 11.7 Å². The smallest absolute Gasteiger partial charge is 0.241 e. The van der Waals surface area contributed by atoms with Crippen molar-refractivity contribution in [3.05, 3.63) is 41.4 Å². The molecule has 2 fully saturated rings. The number of carbonyl (C=O) groups is 2. The third kappa shape index (κ3) is 1.54. The van der Waals surface area contributed by atoms with Crippen LogP contribution in [0.15, 0.2) is 36.4 Å². The number of halogens is 1. The lowest BCUT2D eigenvalue weighted by molar-refractivity contribution is -0.128. The molecule has 0 unspecified atom stereocenters. The molecule has 5 nitrogen and oxygen atoms in total. The van der Waals surface area contributed by atoms with Crippen LogP contribution in [0.2, 0.25) is 5.02 Å². The Kier molecular flexibility index (Phi) is 2.58. The van der Waals surface area contributed by atoms with Gasteiger partial charge in [-0.15, -0.1) is 0 Å². The Morgan fingerprint density at radius 1 is 1.33 bits per heavy atom. The molecule has 2 bridgehead atoms. The second-order valence-corrected chi connectivity index (χ2v) is 5.99. The van der Waals surface area contributed by atoms with E-state index in [1.165, 1.54) is 0 Å². The first-order valence-corrected chi connectivity index (χ1v) is 7.07. The Morgan fingerprint density at radius 3 is 2.86 bits per heavy atom. The molecule has 108 valence electrons. The fraction of sp³-hybridized carbons (Fsp3) is 0.333. The van der Waals surface area contributed by atoms with E-state index in [0.29, 0.717) is 10.7 Å². The Hall–Kier alpha value is -1.69. The minimum atomic E-state index is -1.06. The highest BCUT2D eigenvalue weighted by Gasteiger charge is 2.67. The van der Waals surface area contributed by atoms with Gasteiger partial charge < -0.3 is 9.84 Å². The second kappa shape index (κ2) is 4.16. The van der Waals surface area contributed by atoms with Gasteiger partial charge in [-0.3, -0.25) is 9.59 Å². The molecule has 2 amide bonds. The zero-order chi connectivity index (χ0) is 14.8. The number of nitrogens with zero attached hydrogens (tertiary/aromatic N) is 1. The lowest BCUT2D eigenvalue weighted by atomic mass is 9.77. The van der Waals surface area contributed by atoms with Crippen molar-refractivity contribution in [3.63, 3.8) is 0 Å². The number of amides is 2. The van der Waals surface area contributed by atoms with Gasteiger partial charge in [0.15, 0.2) is 0 Å². The average Bonchev–Trinajstić information content (AvgIpc) is 3.10. The van der Waals surface area contributed by atoms with E-state index in [0.717, 1.165) is 4.90 Å². The highest BCUT2D eigenvalue weighted by atomic mass is 35.5. The van der Waals surface area contributed by atoms with Crippen LogP contribution < -0.4 is 4.90 Å². The summed E-state index contributed by atoms with van der Waals surface area (Å²) in [5.41, 5.74) is -0.602. The van der Waals surface area contributed by atoms with E-state index in [9.17, 15) is 14.7 Å². The summed E-state index contributed by atoms with van der Waals surface area (Å²) in [6, 6.07) is 6.63. The Labute approximate surface area is 125 Å². The average molecular weight is 306 g/mol. The maximum atomic E-state index is 12.7. The topological polar surface area (TPSA) is 66.8 Å². The minimum absolute atomic E-state index is 0.294. The third-order valence-corrected chi connectivity index (χ3v) is 4.70. The number of rotatable bonds is 2. The highest BCUT2D eigenvalue weighted by Crippen LogP contribution is 2.52. The number of aliphatic hydroxyl groups is 1. The number of hydrogen-bond donors (Lipinski definition) is 1. The SMILES string of the molecule is O=C1[C@@H]2[C@@H]3C=C[C@](CO)(O3)[C@@H]2C(=O)N1c1cccc(Cl)c1. The first kappa shape index (κ1) is 13.0. The molecular formula is C15H12ClNO4. The lowest BCUT2D eigenvalue weighted by Crippen LogP contribution is -2.43. The number of imide groups is 1. The van der Waals surface area contributed by atoms with Crippen LogP contribution in [-0.4, -0.2) is 35.2 Å². The third-order valence-electron chi connectivity index (χ3n) is 4.47. The van der Waals surface area contributed by atoms with Crippen molar-refractivity contribution in [1.82, 2.24) is 0 Å². The van der Waals surface area contributed by atoms with Crippen molar-refractivity contribution in [2.75, 3.05) is 11.5 Å². The molecule has 0 saturated carbocycles. The normalized spacial score (nSPS) is 36.7. The molecule has 3 aliphatic heterocycles. The second-order valence-electron chi connectivity index (χ2n) is 5.55. The number of fused-ring (bicyclic) bond motifs is 5. The standard InChI is InChI=1S/C15H12ClNO4/c16-8-2-1-3-9(6-8)17-13(19)11-10-4-5-15(7-18,21-10)12(11)14(17)20/h1-6,10-12,18H,7H2/t10-,11+,12-,15+/m0/s1. The fourth-order valence-electron chi connectivity index (χ4n) is 3.55. The molecule has 4 atom stereocenters. The van der Waals surface area contributed by atoms with Gasteiger partial charge in [0.1, 0.15) is 5.60 Å². The van der Waals surface area contributed by atoms with Gasteiger partial charge in [0.2, 0.25) is 11.8 Å². The minimum Gasteiger partial charge on any atom is -0.393 e. The molecule has 3 aliphatic rings. The Bertz CT molecular complexity index is 688. The van der Waals surface area contributed by atoms with Gasteiger partial charge in [-0.2, -0.15) is 0 Å². The Balaban J connectivity index is 1.79. The van der Waals surface area contributed by atoms with E-state index in [1.54, 1.807) is 36.4 Å². The molecular weight excluding hydrogens is 294 g/mol. The van der Waals surface area contributed by atoms with Crippen LogP contribution in [-0.2, 0) is 14.3 Å². The molecule has 21 heavy (non-hydrogen) atoms. The van der Waals surface area contributed by atoms with Gasteiger partial charge in [0, 0.05) is 5.02 Å². The van der Waals surface area contributed by atoms with Crippen LogP contribution in [0.1, 0.15) is 0 Å². The van der Waals surface area contributed by atoms with E-state index >= 15 is 0 Å². The van der Waals surface area contributed by atoms with Gasteiger partial charge in [-0.25, -0.2) is 4.90 Å². The molecule has 1 aromatic carbocycles. The van der Waals surface area contributed by atoms with E-state index in [1.807, 2.05) is 0 Å². The lowest BCUT2D eigenvalue weighted by Gasteiger charge is -2.26. The summed E-state index contributed by atoms with van der Waals surface area (Å²) in [6.07, 6.45) is 3.01. The van der Waals surface area contributed by atoms with Crippen LogP contribution in [0.3, 0.4) is 0 Å². The van der Waals surface area contributed by atoms with Gasteiger partial charge in [-0.05, 0) is 18.2 Å². The van der Waals surface area contributed by atoms with Crippen molar-refractivity contribution < 1.29 is 19.4 Å². The van der Waals surface area contributed by atoms with Crippen LogP contribution in [0, 0.1) is 11.8 Å². The largest absolute Gasteiger partial charge is 0.393 e. The summed E-state index contributed by atoms with van der Waals surface area (Å²) in [5, 5.41) is 10.1. The zero-order valence-electron chi connectivity index (χ0n) is 10.9. The zero-order valence-corrected chi connectivity index (χ0v) is 11.7. The number of ether oxygens (including phenoxy) is 1. The molecule has 6 heteroatoms. The molecule has 1 aromatic rings. The predicted octanol–water partition coefficient (Wildman–Crippen LogP) is 1.15. The molecule has 3 heterocycles. The summed E-state index contributed by atoms with van der Waals surface area (Å²) in [4.78, 5) is 26.5. The molecule has 1 N–H and O–H groups in total. The van der Waals surface area contributed by atoms with Crippen molar-refractivity contribution in [3.8, 4) is 0 Å². The molecule has 0 radical (unpaired) electrons. The number of aliphatic hydroxyl groups excluding tert-OH is 1. The maximum Gasteiger partial charge on any atom is 0.241 e. The van der Waals surface area contributed by atoms with Crippen molar-refractivity contribution in [1.29, 1.82) is 0 Å². The van der Waals surface area contributed by atoms with E-state index in [4.69, 9.17) is 16.3 Å². The summed E-state index contributed by atoms with van der Waals surface area (Å²) in [6.45, 7) is -0.316. The molecule has 0 aromatic heterocycles. The predicted molar refractivity (Wildman–Crippen MR) is 74.8 cm³/mol. The highest BCUT2D eigenvalue weighted by molar-refractivity contribution is 6.31. The molecule has 2 saturated heterocycles. The van der Waals surface area contributed by atoms with E-state index in [2.05, 4.69) is 0 Å². The van der Waals surface area contributed by atoms with Crippen molar-refractivity contribution in [2.24, 2.45) is 11.8 Å². The number of hydrogen-bond acceptors (Lipinski definition) is 4. The number of anilines is 1. The van der Waals surface area contributed by atoms with Crippen LogP contribution >= 0.6 is 11.6 Å². The van der Waals surface area contributed by atoms with Crippen LogP contribution in [0.4, 0.5) is 5.69 Å². The van der Waals surface area contributed by atoms with Gasteiger partial charge in [0.25, 0.3) is 0 Å². The first-order valence-electron chi connectivity index (χ1n) is 6.69. The van der Waals surface area contributed by atoms with E-state index < -0.39 is 23.5 Å². The van der Waals surface area contributed by atoms with E-state index in [-0.39, 0.29) is 18.4 Å². The first-order chi connectivity index (χ1) is 10.1. The van der Waals surface area contributed by atoms with Gasteiger partial charge >= 0.3 is 0 Å². The van der Waals surface area contributed by atoms with Crippen LogP contribution in [0.25, 0.3) is 0 Å². The van der Waals surface area contributed by atoms with Gasteiger partial charge in [-0.1, -0.05) is 29.8 Å².